The first-order chi connectivity index (χ1) is 36.1. The molecule has 0 radical (unpaired) electrons. The predicted octanol–water partition coefficient (Wildman–Crippen LogP) is 3.01. The van der Waals surface area contributed by atoms with E-state index in [1.165, 1.54) is 0 Å². The maximum atomic E-state index is 13.4. The summed E-state index contributed by atoms with van der Waals surface area (Å²) in [7, 11) is 0. The molecule has 428 valence electrons. The first-order valence-electron chi connectivity index (χ1n) is 26.0. The minimum atomic E-state index is -0.855. The molecule has 75 heavy (non-hydrogen) atoms. The van der Waals surface area contributed by atoms with Crippen LogP contribution in [0.2, 0.25) is 0 Å². The van der Waals surface area contributed by atoms with Crippen LogP contribution in [0.25, 0.3) is 0 Å². The summed E-state index contributed by atoms with van der Waals surface area (Å²) >= 11 is 0. The SMILES string of the molecule is CC(C)C[C@H](NC(=O)CNO)C(=O)C[C@@H](CCCNC(N)=O)C(=O)Nc1ccc(COC(=O)CCc2cn(CCOCCOCCOCCOCCOCCOCCOCCOCCOCCC(C)(C)C)nn2)cc1. The number of urea groups is 1. The monoisotopic (exact) mass is 1070 g/mol. The third kappa shape index (κ3) is 37.6. The van der Waals surface area contributed by atoms with E-state index in [2.05, 4.69) is 47.0 Å². The van der Waals surface area contributed by atoms with E-state index < -0.39 is 35.8 Å². The zero-order valence-corrected chi connectivity index (χ0v) is 45.1. The van der Waals surface area contributed by atoms with Gasteiger partial charge >= 0.3 is 12.0 Å². The molecule has 0 unspecified atom stereocenters. The minimum Gasteiger partial charge on any atom is -0.461 e. The van der Waals surface area contributed by atoms with Crippen LogP contribution in [0.5, 0.6) is 0 Å². The van der Waals surface area contributed by atoms with E-state index in [9.17, 15) is 24.0 Å². The number of carbonyl (C=O) groups excluding carboxylic acids is 5. The Morgan fingerprint density at radius 3 is 1.71 bits per heavy atom. The predicted molar refractivity (Wildman–Crippen MR) is 276 cm³/mol. The van der Waals surface area contributed by atoms with Crippen LogP contribution in [-0.4, -0.2) is 188 Å². The van der Waals surface area contributed by atoms with Gasteiger partial charge < -0.3 is 74.3 Å². The fourth-order valence-corrected chi connectivity index (χ4v) is 6.69. The zero-order chi connectivity index (χ0) is 54.8. The van der Waals surface area contributed by atoms with Crippen molar-refractivity contribution in [3.05, 3.63) is 41.7 Å². The van der Waals surface area contributed by atoms with Gasteiger partial charge in [-0.2, -0.15) is 5.48 Å². The number of carbonyl (C=O) groups is 5. The van der Waals surface area contributed by atoms with Gasteiger partial charge in [-0.05, 0) is 54.7 Å². The molecule has 0 saturated heterocycles. The highest BCUT2D eigenvalue weighted by molar-refractivity contribution is 5.97. The number of hydrogen-bond donors (Lipinski definition) is 6. The van der Waals surface area contributed by atoms with Gasteiger partial charge in [-0.1, -0.05) is 52.0 Å². The molecule has 0 spiro atoms. The average Bonchev–Trinajstić information content (AvgIpc) is 3.82. The van der Waals surface area contributed by atoms with Crippen LogP contribution < -0.4 is 27.2 Å². The van der Waals surface area contributed by atoms with E-state index in [1.807, 2.05) is 13.8 Å². The summed E-state index contributed by atoms with van der Waals surface area (Å²) in [6.07, 6.45) is 4.04. The highest BCUT2D eigenvalue weighted by Crippen LogP contribution is 2.20. The molecule has 0 fully saturated rings. The number of aryl methyl sites for hydroxylation is 1. The number of esters is 1. The Labute approximate surface area is 442 Å². The molecule has 2 aromatic rings. The number of hydrogen-bond acceptors (Lipinski definition) is 19. The fourth-order valence-electron chi connectivity index (χ4n) is 6.69. The Hall–Kier alpha value is -4.73. The van der Waals surface area contributed by atoms with Gasteiger partial charge in [0.25, 0.3) is 0 Å². The van der Waals surface area contributed by atoms with Crippen LogP contribution in [0.3, 0.4) is 0 Å². The maximum absolute atomic E-state index is 13.4. The topological polar surface area (TPSA) is 303 Å². The summed E-state index contributed by atoms with van der Waals surface area (Å²) in [5.74, 6) is -2.45. The fraction of sp³-hybridized carbons (Fsp3) is 0.745. The van der Waals surface area contributed by atoms with Crippen LogP contribution in [-0.2, 0) is 86.1 Å². The summed E-state index contributed by atoms with van der Waals surface area (Å²) < 4.78 is 56.9. The summed E-state index contributed by atoms with van der Waals surface area (Å²) in [4.78, 5) is 62.7. The third-order valence-corrected chi connectivity index (χ3v) is 10.7. The molecule has 24 nitrogen and oxygen atoms in total. The summed E-state index contributed by atoms with van der Waals surface area (Å²) in [5.41, 5.74) is 9.02. The number of nitrogens with zero attached hydrogens (tertiary/aromatic N) is 3. The highest BCUT2D eigenvalue weighted by Gasteiger charge is 2.28. The van der Waals surface area contributed by atoms with Gasteiger partial charge in [-0.3, -0.25) is 19.2 Å². The minimum absolute atomic E-state index is 0.0158. The van der Waals surface area contributed by atoms with Crippen LogP contribution in [0.1, 0.15) is 84.4 Å². The lowest BCUT2D eigenvalue weighted by Gasteiger charge is -2.23. The Kier molecular flexibility index (Phi) is 37.5. The number of ketones is 1. The van der Waals surface area contributed by atoms with Crippen molar-refractivity contribution in [2.24, 2.45) is 23.0 Å². The van der Waals surface area contributed by atoms with Crippen LogP contribution in [0, 0.1) is 17.3 Å². The number of nitrogens with two attached hydrogens (primary N) is 1. The maximum Gasteiger partial charge on any atom is 0.312 e. The molecular weight excluding hydrogens is 981 g/mol. The smallest absolute Gasteiger partial charge is 0.312 e. The molecule has 0 aliphatic heterocycles. The van der Waals surface area contributed by atoms with Gasteiger partial charge in [0.15, 0.2) is 5.78 Å². The first-order valence-corrected chi connectivity index (χ1v) is 26.0. The number of aromatic nitrogens is 3. The normalized spacial score (nSPS) is 12.4. The largest absolute Gasteiger partial charge is 0.461 e. The second-order valence-electron chi connectivity index (χ2n) is 19.0. The van der Waals surface area contributed by atoms with E-state index >= 15 is 0 Å². The molecule has 1 aromatic heterocycles. The van der Waals surface area contributed by atoms with Crippen molar-refractivity contribution in [3.63, 3.8) is 0 Å². The number of rotatable bonds is 48. The molecule has 4 amide bonds. The molecule has 1 aromatic carbocycles. The number of anilines is 1. The number of primary amides is 1. The Morgan fingerprint density at radius 2 is 1.23 bits per heavy atom. The molecule has 2 rings (SSSR count). The molecule has 0 bridgehead atoms. The van der Waals surface area contributed by atoms with Gasteiger partial charge in [0, 0.05) is 43.8 Å². The van der Waals surface area contributed by atoms with E-state index in [0.29, 0.717) is 155 Å². The van der Waals surface area contributed by atoms with Crippen LogP contribution in [0.4, 0.5) is 10.5 Å². The van der Waals surface area contributed by atoms with Gasteiger partial charge in [0.2, 0.25) is 11.8 Å². The molecular formula is C51H88N8O16. The average molecular weight is 1070 g/mol. The molecule has 1 heterocycles. The van der Waals surface area contributed by atoms with Crippen molar-refractivity contribution in [1.29, 1.82) is 0 Å². The first kappa shape index (κ1) is 66.4. The van der Waals surface area contributed by atoms with Gasteiger partial charge in [0.1, 0.15) is 6.61 Å². The number of hydroxylamine groups is 1. The van der Waals surface area contributed by atoms with Gasteiger partial charge in [-0.25, -0.2) is 9.48 Å². The standard InChI is InChI=1S/C51H88N8O16/c1-40(2)35-45(56-47(61)37-54-65)46(60)36-42(7-6-15-53-50(52)64)49(63)55-43-10-8-41(9-11-43)39-75-48(62)13-12-44-38-59(58-57-44)16-18-67-20-22-69-24-26-71-28-30-73-32-34-74-33-31-72-29-27-70-25-23-68-21-19-66-17-14-51(3,4)5/h8-11,38,40,42,45,54,65H,6-7,12-37,39H2,1-5H3,(H,55,63)(H,56,61)(H3,52,53,64)/t42-,45+/m1/s1. The van der Waals surface area contributed by atoms with Crippen molar-refractivity contribution in [2.45, 2.75) is 98.8 Å². The van der Waals surface area contributed by atoms with E-state index in [-0.39, 0.29) is 56.1 Å². The summed E-state index contributed by atoms with van der Waals surface area (Å²) in [5, 5.41) is 25.1. The molecule has 0 aliphatic rings. The lowest BCUT2D eigenvalue weighted by atomic mass is 9.90. The lowest BCUT2D eigenvalue weighted by molar-refractivity contribution is -0.145. The van der Waals surface area contributed by atoms with Crippen molar-refractivity contribution in [3.8, 4) is 0 Å². The van der Waals surface area contributed by atoms with Crippen molar-refractivity contribution in [2.75, 3.05) is 137 Å². The lowest BCUT2D eigenvalue weighted by Crippen LogP contribution is -2.45. The van der Waals surface area contributed by atoms with Crippen molar-refractivity contribution < 1.29 is 76.5 Å². The molecule has 24 heteroatoms. The second-order valence-corrected chi connectivity index (χ2v) is 19.0. The number of benzene rings is 1. The zero-order valence-electron chi connectivity index (χ0n) is 45.1. The molecule has 0 aliphatic carbocycles. The van der Waals surface area contributed by atoms with E-state index in [4.69, 9.17) is 58.3 Å². The van der Waals surface area contributed by atoms with Gasteiger partial charge in [0.05, 0.1) is 144 Å². The third-order valence-electron chi connectivity index (χ3n) is 10.7. The highest BCUT2D eigenvalue weighted by atomic mass is 16.6. The second kappa shape index (κ2) is 42.4. The van der Waals surface area contributed by atoms with E-state index in [0.717, 1.165) is 13.0 Å². The molecule has 7 N–H and O–H groups in total. The van der Waals surface area contributed by atoms with Crippen molar-refractivity contribution in [1.82, 2.24) is 31.1 Å². The molecule has 2 atom stereocenters. The Balaban J connectivity index is 1.48. The van der Waals surface area contributed by atoms with Gasteiger partial charge in [-0.15, -0.1) is 5.10 Å². The Bertz CT molecular complexity index is 1820. The summed E-state index contributed by atoms with van der Waals surface area (Å²) in [6.45, 7) is 19.6. The number of amides is 4. The quantitative estimate of drug-likeness (QED) is 0.0315. The number of nitrogens with one attached hydrogen (secondary N) is 4. The van der Waals surface area contributed by atoms with E-state index in [1.54, 1.807) is 40.6 Å². The number of Topliss-reactive ketones (excluding diaryl/α,β-unsaturated/α-hetero) is 1. The van der Waals surface area contributed by atoms with Crippen LogP contribution in [0.15, 0.2) is 30.5 Å². The number of ether oxygens (including phenoxy) is 10. The molecule has 0 saturated carbocycles. The van der Waals surface area contributed by atoms with Crippen molar-refractivity contribution >= 4 is 35.3 Å². The Morgan fingerprint density at radius 1 is 0.720 bits per heavy atom. The summed E-state index contributed by atoms with van der Waals surface area (Å²) in [6, 6.07) is 5.18. The van der Waals surface area contributed by atoms with Crippen LogP contribution >= 0.6 is 0 Å².